The third-order valence-corrected chi connectivity index (χ3v) is 3.49. The Balaban J connectivity index is 2.44. The molecule has 0 heterocycles. The Hall–Kier alpha value is -1.12. The van der Waals surface area contributed by atoms with Gasteiger partial charge in [0, 0.05) is 11.6 Å². The monoisotopic (exact) mass is 290 g/mol. The third-order valence-electron chi connectivity index (χ3n) is 2.77. The highest BCUT2D eigenvalue weighted by Crippen LogP contribution is 2.31. The summed E-state index contributed by atoms with van der Waals surface area (Å²) in [6.45, 7) is 2.09. The lowest BCUT2D eigenvalue weighted by atomic mass is 10.00. The minimum atomic E-state index is -0.0227. The van der Waals surface area contributed by atoms with E-state index in [0.29, 0.717) is 0 Å². The van der Waals surface area contributed by atoms with Crippen molar-refractivity contribution in [3.05, 3.63) is 69.7 Å². The Morgan fingerprint density at radius 1 is 1.06 bits per heavy atom. The summed E-state index contributed by atoms with van der Waals surface area (Å²) in [5.74, 6) is 0. The number of halogens is 1. The van der Waals surface area contributed by atoms with Crippen molar-refractivity contribution < 1.29 is 4.74 Å². The molecule has 88 valence electrons. The van der Waals surface area contributed by atoms with Crippen LogP contribution >= 0.6 is 15.9 Å². The summed E-state index contributed by atoms with van der Waals surface area (Å²) in [4.78, 5) is 0. The molecule has 0 radical (unpaired) electrons. The van der Waals surface area contributed by atoms with E-state index in [-0.39, 0.29) is 6.10 Å². The fourth-order valence-corrected chi connectivity index (χ4v) is 2.46. The quantitative estimate of drug-likeness (QED) is 0.809. The van der Waals surface area contributed by atoms with Crippen LogP contribution in [0.25, 0.3) is 0 Å². The van der Waals surface area contributed by atoms with E-state index in [9.17, 15) is 0 Å². The van der Waals surface area contributed by atoms with Crippen LogP contribution in [0, 0.1) is 6.92 Å². The smallest absolute Gasteiger partial charge is 0.108 e. The second-order valence-electron chi connectivity index (χ2n) is 4.05. The van der Waals surface area contributed by atoms with Gasteiger partial charge in [-0.15, -0.1) is 0 Å². The lowest BCUT2D eigenvalue weighted by molar-refractivity contribution is 0.136. The number of hydrogen-bond donors (Lipinski definition) is 0. The molecule has 1 atom stereocenters. The minimum absolute atomic E-state index is 0.0227. The van der Waals surface area contributed by atoms with Crippen LogP contribution in [0.3, 0.4) is 0 Å². The molecule has 0 saturated heterocycles. The topological polar surface area (TPSA) is 9.23 Å². The van der Waals surface area contributed by atoms with Crippen molar-refractivity contribution in [2.45, 2.75) is 13.0 Å². The highest BCUT2D eigenvalue weighted by Gasteiger charge is 2.15. The summed E-state index contributed by atoms with van der Waals surface area (Å²) in [6.07, 6.45) is -0.0227. The summed E-state index contributed by atoms with van der Waals surface area (Å²) in [6, 6.07) is 16.6. The Morgan fingerprint density at radius 2 is 1.82 bits per heavy atom. The zero-order chi connectivity index (χ0) is 12.3. The maximum Gasteiger partial charge on any atom is 0.108 e. The first-order valence-corrected chi connectivity index (χ1v) is 6.35. The molecule has 0 aliphatic heterocycles. The average Bonchev–Trinajstić information content (AvgIpc) is 2.33. The SMILES string of the molecule is CO[C@@H](c1cccc(C)c1)c1ccccc1Br. The Labute approximate surface area is 111 Å². The van der Waals surface area contributed by atoms with Crippen molar-refractivity contribution in [2.75, 3.05) is 7.11 Å². The predicted molar refractivity (Wildman–Crippen MR) is 74.2 cm³/mol. The van der Waals surface area contributed by atoms with Gasteiger partial charge < -0.3 is 4.74 Å². The molecular formula is C15H15BrO. The number of aryl methyl sites for hydroxylation is 1. The highest BCUT2D eigenvalue weighted by atomic mass is 79.9. The molecular weight excluding hydrogens is 276 g/mol. The van der Waals surface area contributed by atoms with E-state index in [1.807, 2.05) is 18.2 Å². The van der Waals surface area contributed by atoms with Crippen LogP contribution in [-0.2, 0) is 4.74 Å². The van der Waals surface area contributed by atoms with Gasteiger partial charge in [-0.2, -0.15) is 0 Å². The maximum absolute atomic E-state index is 5.63. The number of benzene rings is 2. The van der Waals surface area contributed by atoms with Crippen molar-refractivity contribution >= 4 is 15.9 Å². The molecule has 0 unspecified atom stereocenters. The van der Waals surface area contributed by atoms with Gasteiger partial charge in [0.05, 0.1) is 0 Å². The van der Waals surface area contributed by atoms with Crippen LogP contribution in [0.5, 0.6) is 0 Å². The van der Waals surface area contributed by atoms with Crippen LogP contribution < -0.4 is 0 Å². The van der Waals surface area contributed by atoms with Gasteiger partial charge in [-0.3, -0.25) is 0 Å². The van der Waals surface area contributed by atoms with Gasteiger partial charge in [-0.25, -0.2) is 0 Å². The molecule has 1 nitrogen and oxygen atoms in total. The number of rotatable bonds is 3. The highest BCUT2D eigenvalue weighted by molar-refractivity contribution is 9.10. The molecule has 0 saturated carbocycles. The standard InChI is InChI=1S/C15H15BrO/c1-11-6-5-7-12(10-11)15(17-2)13-8-3-4-9-14(13)16/h3-10,15H,1-2H3/t15-/m0/s1. The lowest BCUT2D eigenvalue weighted by Crippen LogP contribution is -2.04. The van der Waals surface area contributed by atoms with Gasteiger partial charge >= 0.3 is 0 Å². The van der Waals surface area contributed by atoms with E-state index in [0.717, 1.165) is 10.0 Å². The lowest BCUT2D eigenvalue weighted by Gasteiger charge is -2.18. The molecule has 0 amide bonds. The molecule has 2 heteroatoms. The summed E-state index contributed by atoms with van der Waals surface area (Å²) in [7, 11) is 1.74. The van der Waals surface area contributed by atoms with Crippen molar-refractivity contribution in [3.63, 3.8) is 0 Å². The molecule has 0 bridgehead atoms. The van der Waals surface area contributed by atoms with Gasteiger partial charge in [0.2, 0.25) is 0 Å². The van der Waals surface area contributed by atoms with Gasteiger partial charge in [0.25, 0.3) is 0 Å². The molecule has 0 N–H and O–H groups in total. The molecule has 0 fully saturated rings. The van der Waals surface area contributed by atoms with E-state index in [1.54, 1.807) is 7.11 Å². The zero-order valence-electron chi connectivity index (χ0n) is 9.98. The van der Waals surface area contributed by atoms with Crippen molar-refractivity contribution in [1.29, 1.82) is 0 Å². The zero-order valence-corrected chi connectivity index (χ0v) is 11.6. The van der Waals surface area contributed by atoms with Crippen molar-refractivity contribution in [3.8, 4) is 0 Å². The maximum atomic E-state index is 5.63. The van der Waals surface area contributed by atoms with Crippen LogP contribution in [0.2, 0.25) is 0 Å². The molecule has 17 heavy (non-hydrogen) atoms. The summed E-state index contributed by atoms with van der Waals surface area (Å²) in [5.41, 5.74) is 3.58. The van der Waals surface area contributed by atoms with E-state index in [4.69, 9.17) is 4.74 Å². The van der Waals surface area contributed by atoms with Gasteiger partial charge in [0.1, 0.15) is 6.10 Å². The largest absolute Gasteiger partial charge is 0.372 e. The molecule has 0 aliphatic rings. The fourth-order valence-electron chi connectivity index (χ4n) is 1.96. The number of ether oxygens (including phenoxy) is 1. The summed E-state index contributed by atoms with van der Waals surface area (Å²) >= 11 is 3.57. The molecule has 2 aromatic rings. The van der Waals surface area contributed by atoms with E-state index in [2.05, 4.69) is 53.2 Å². The van der Waals surface area contributed by atoms with Gasteiger partial charge in [0.15, 0.2) is 0 Å². The minimum Gasteiger partial charge on any atom is -0.372 e. The van der Waals surface area contributed by atoms with Crippen molar-refractivity contribution in [2.24, 2.45) is 0 Å². The van der Waals surface area contributed by atoms with Gasteiger partial charge in [-0.1, -0.05) is 64.0 Å². The Morgan fingerprint density at radius 3 is 2.47 bits per heavy atom. The second kappa shape index (κ2) is 5.48. The molecule has 2 rings (SSSR count). The number of methoxy groups -OCH3 is 1. The molecule has 0 aromatic heterocycles. The van der Waals surface area contributed by atoms with Crippen molar-refractivity contribution in [1.82, 2.24) is 0 Å². The first-order valence-electron chi connectivity index (χ1n) is 5.56. The van der Waals surface area contributed by atoms with Crippen LogP contribution in [0.4, 0.5) is 0 Å². The molecule has 2 aromatic carbocycles. The van der Waals surface area contributed by atoms with Crippen LogP contribution in [-0.4, -0.2) is 7.11 Å². The molecule has 0 spiro atoms. The van der Waals surface area contributed by atoms with E-state index < -0.39 is 0 Å². The van der Waals surface area contributed by atoms with E-state index >= 15 is 0 Å². The fraction of sp³-hybridized carbons (Fsp3) is 0.200. The first-order chi connectivity index (χ1) is 8.22. The predicted octanol–water partition coefficient (Wildman–Crippen LogP) is 4.49. The normalized spacial score (nSPS) is 12.4. The van der Waals surface area contributed by atoms with Crippen LogP contribution in [0.1, 0.15) is 22.8 Å². The number of hydrogen-bond acceptors (Lipinski definition) is 1. The molecule has 0 aliphatic carbocycles. The third kappa shape index (κ3) is 2.76. The summed E-state index contributed by atoms with van der Waals surface area (Å²) in [5, 5.41) is 0. The van der Waals surface area contributed by atoms with E-state index in [1.165, 1.54) is 11.1 Å². The summed E-state index contributed by atoms with van der Waals surface area (Å²) < 4.78 is 6.71. The Kier molecular flexibility index (Phi) is 3.97. The first kappa shape index (κ1) is 12.3. The Bertz CT molecular complexity index is 508. The van der Waals surface area contributed by atoms with Gasteiger partial charge in [-0.05, 0) is 24.1 Å². The second-order valence-corrected chi connectivity index (χ2v) is 4.91. The average molecular weight is 291 g/mol. The van der Waals surface area contributed by atoms with Crippen LogP contribution in [0.15, 0.2) is 53.0 Å².